The summed E-state index contributed by atoms with van der Waals surface area (Å²) < 4.78 is 4.74. The van der Waals surface area contributed by atoms with Gasteiger partial charge in [-0.25, -0.2) is 9.50 Å². The number of anilines is 1. The van der Waals surface area contributed by atoms with E-state index in [1.165, 1.54) is 4.52 Å². The number of aryl methyl sites for hydroxylation is 1. The van der Waals surface area contributed by atoms with Crippen molar-refractivity contribution in [2.24, 2.45) is 7.05 Å². The molecule has 1 amide bonds. The molecule has 0 aliphatic carbocycles. The highest BCUT2D eigenvalue weighted by molar-refractivity contribution is 6.04. The molecule has 3 N–H and O–H groups in total. The molecule has 1 atom stereocenters. The molecule has 6 rings (SSSR count). The first kappa shape index (κ1) is 24.6. The second-order valence-electron chi connectivity index (χ2n) is 9.25. The molecule has 10 nitrogen and oxygen atoms in total. The summed E-state index contributed by atoms with van der Waals surface area (Å²) in [4.78, 5) is 31.8. The molecule has 0 fully saturated rings. The molecule has 196 valence electrons. The summed E-state index contributed by atoms with van der Waals surface area (Å²) in [5.41, 5.74) is 8.94. The zero-order valence-electron chi connectivity index (χ0n) is 21.7. The molecule has 0 spiro atoms. The molecule has 2 aromatic carbocycles. The van der Waals surface area contributed by atoms with Gasteiger partial charge in [0.15, 0.2) is 11.5 Å². The number of nitrogens with one attached hydrogen (secondary N) is 1. The van der Waals surface area contributed by atoms with Crippen molar-refractivity contribution in [1.82, 2.24) is 34.3 Å². The molecule has 6 aromatic rings. The van der Waals surface area contributed by atoms with Gasteiger partial charge in [0, 0.05) is 36.4 Å². The fraction of sp³-hybridized carbons (Fsp3) is 0.100. The molecule has 0 aliphatic heterocycles. The smallest absolute Gasteiger partial charge is 0.264 e. The third-order valence-corrected chi connectivity index (χ3v) is 6.68. The quantitative estimate of drug-likeness (QED) is 0.339. The molecule has 0 saturated heterocycles. The van der Waals surface area contributed by atoms with Crippen molar-refractivity contribution in [2.75, 3.05) is 5.73 Å². The van der Waals surface area contributed by atoms with Crippen molar-refractivity contribution in [1.29, 1.82) is 0 Å². The number of para-hydroxylation sites is 1. The number of fused-ring (bicyclic) bond motifs is 2. The third kappa shape index (κ3) is 4.25. The van der Waals surface area contributed by atoms with Gasteiger partial charge in [0.1, 0.15) is 11.3 Å². The van der Waals surface area contributed by atoms with E-state index in [1.54, 1.807) is 33.9 Å². The number of rotatable bonds is 4. The van der Waals surface area contributed by atoms with Gasteiger partial charge in [-0.1, -0.05) is 36.3 Å². The molecule has 10 heteroatoms. The highest BCUT2D eigenvalue weighted by Crippen LogP contribution is 2.24. The number of carbonyl (C=O) groups excluding carboxylic acids is 1. The van der Waals surface area contributed by atoms with E-state index < -0.39 is 11.9 Å². The molecule has 0 saturated carbocycles. The van der Waals surface area contributed by atoms with E-state index in [2.05, 4.69) is 32.3 Å². The van der Waals surface area contributed by atoms with Crippen LogP contribution in [0.4, 0.5) is 5.82 Å². The van der Waals surface area contributed by atoms with E-state index in [0.29, 0.717) is 33.4 Å². The average molecular weight is 529 g/mol. The van der Waals surface area contributed by atoms with Gasteiger partial charge in [-0.3, -0.25) is 18.8 Å². The van der Waals surface area contributed by atoms with Crippen LogP contribution in [-0.4, -0.2) is 34.9 Å². The fourth-order valence-electron chi connectivity index (χ4n) is 4.74. The van der Waals surface area contributed by atoms with Crippen LogP contribution in [-0.2, 0) is 7.05 Å². The Morgan fingerprint density at radius 1 is 1.02 bits per heavy atom. The Bertz CT molecular complexity index is 2030. The van der Waals surface area contributed by atoms with E-state index in [-0.39, 0.29) is 16.9 Å². The Hall–Kier alpha value is -5.69. The molecule has 4 aromatic heterocycles. The number of carbonyl (C=O) groups is 1. The monoisotopic (exact) mass is 528 g/mol. The Labute approximate surface area is 228 Å². The Kier molecular flexibility index (Phi) is 6.09. The molecule has 0 bridgehead atoms. The Morgan fingerprint density at radius 3 is 2.62 bits per heavy atom. The number of pyridine rings is 1. The normalized spacial score (nSPS) is 11.8. The lowest BCUT2D eigenvalue weighted by atomic mass is 10.0. The van der Waals surface area contributed by atoms with E-state index in [9.17, 15) is 9.59 Å². The number of amides is 1. The summed E-state index contributed by atoms with van der Waals surface area (Å²) >= 11 is 0. The number of nitrogen functional groups attached to an aromatic ring is 1. The maximum atomic E-state index is 14.2. The van der Waals surface area contributed by atoms with Crippen LogP contribution in [0.5, 0.6) is 0 Å². The number of hydrogen-bond donors (Lipinski definition) is 2. The van der Waals surface area contributed by atoms with Crippen LogP contribution < -0.4 is 16.6 Å². The Balaban J connectivity index is 1.48. The molecule has 0 unspecified atom stereocenters. The van der Waals surface area contributed by atoms with Gasteiger partial charge in [0.05, 0.1) is 17.6 Å². The van der Waals surface area contributed by atoms with E-state index in [0.717, 1.165) is 5.69 Å². The minimum atomic E-state index is -0.577. The first-order valence-electron chi connectivity index (χ1n) is 12.6. The van der Waals surface area contributed by atoms with Crippen LogP contribution in [0.15, 0.2) is 90.1 Å². The molecule has 40 heavy (non-hydrogen) atoms. The fourth-order valence-corrected chi connectivity index (χ4v) is 4.74. The zero-order chi connectivity index (χ0) is 27.8. The summed E-state index contributed by atoms with van der Waals surface area (Å²) in [6, 6.07) is 19.7. The van der Waals surface area contributed by atoms with Crippen molar-refractivity contribution < 1.29 is 4.79 Å². The van der Waals surface area contributed by atoms with Gasteiger partial charge >= 0.3 is 0 Å². The van der Waals surface area contributed by atoms with Gasteiger partial charge in [-0.2, -0.15) is 5.10 Å². The minimum absolute atomic E-state index is 0.0685. The van der Waals surface area contributed by atoms with Gasteiger partial charge in [0.25, 0.3) is 11.5 Å². The third-order valence-electron chi connectivity index (χ3n) is 6.68. The topological polar surface area (TPSA) is 125 Å². The Morgan fingerprint density at radius 2 is 1.85 bits per heavy atom. The van der Waals surface area contributed by atoms with Crippen LogP contribution in [0.3, 0.4) is 0 Å². The summed E-state index contributed by atoms with van der Waals surface area (Å²) in [6.07, 6.45) is 4.92. The van der Waals surface area contributed by atoms with Crippen molar-refractivity contribution >= 4 is 28.1 Å². The van der Waals surface area contributed by atoms with Crippen molar-refractivity contribution in [3.8, 4) is 17.5 Å². The van der Waals surface area contributed by atoms with Gasteiger partial charge in [-0.05, 0) is 54.6 Å². The average Bonchev–Trinajstić information content (AvgIpc) is 3.53. The number of hydrogen-bond acceptors (Lipinski definition) is 6. The molecular weight excluding hydrogens is 504 g/mol. The van der Waals surface area contributed by atoms with E-state index in [1.807, 2.05) is 74.6 Å². The summed E-state index contributed by atoms with van der Waals surface area (Å²) in [7, 11) is 1.81. The van der Waals surface area contributed by atoms with E-state index >= 15 is 0 Å². The number of aromatic nitrogens is 6. The summed E-state index contributed by atoms with van der Waals surface area (Å²) in [5.74, 6) is 5.88. The van der Waals surface area contributed by atoms with E-state index in [4.69, 9.17) is 5.73 Å². The maximum absolute atomic E-state index is 14.2. The first-order valence-corrected chi connectivity index (χ1v) is 12.6. The van der Waals surface area contributed by atoms with Gasteiger partial charge in [0.2, 0.25) is 0 Å². The van der Waals surface area contributed by atoms with Crippen LogP contribution >= 0.6 is 0 Å². The van der Waals surface area contributed by atoms with Crippen LogP contribution in [0, 0.1) is 11.8 Å². The molecule has 4 heterocycles. The largest absolute Gasteiger partial charge is 0.381 e. The minimum Gasteiger partial charge on any atom is -0.381 e. The lowest BCUT2D eigenvalue weighted by Crippen LogP contribution is -2.32. The standard InChI is InChI=1S/C30H24N8O2/c1-19(34-29(39)26-27(31)35-37-17-7-15-32-28(26)37)24-18-21-9-6-8-20(12-13-22-14-16-33-36(22)2)25(21)30(40)38(24)23-10-4-3-5-11-23/h3-11,14-19H,1-2H3,(H2,31,35)(H,34,39)/t19-/m1/s1. The molecule has 0 radical (unpaired) electrons. The lowest BCUT2D eigenvalue weighted by Gasteiger charge is -2.21. The summed E-state index contributed by atoms with van der Waals surface area (Å²) in [6.45, 7) is 1.82. The van der Waals surface area contributed by atoms with Crippen LogP contribution in [0.2, 0.25) is 0 Å². The number of nitrogens with two attached hydrogens (primary N) is 1. The van der Waals surface area contributed by atoms with Crippen molar-refractivity contribution in [2.45, 2.75) is 13.0 Å². The van der Waals surface area contributed by atoms with Crippen molar-refractivity contribution in [3.05, 3.63) is 118 Å². The second kappa shape index (κ2) is 9.89. The SMILES string of the molecule is C[C@@H](NC(=O)c1c(N)nn2cccnc12)c1cc2cccc(C#Cc3ccnn3C)c2c(=O)n1-c1ccccc1. The van der Waals surface area contributed by atoms with Gasteiger partial charge in [-0.15, -0.1) is 5.10 Å². The lowest BCUT2D eigenvalue weighted by molar-refractivity contribution is 0.0941. The molecular formula is C30H24N8O2. The number of nitrogens with zero attached hydrogens (tertiary/aromatic N) is 6. The van der Waals surface area contributed by atoms with Crippen LogP contribution in [0.25, 0.3) is 22.1 Å². The van der Waals surface area contributed by atoms with Crippen LogP contribution in [0.1, 0.15) is 40.3 Å². The van der Waals surface area contributed by atoms with Gasteiger partial charge < -0.3 is 11.1 Å². The van der Waals surface area contributed by atoms with Crippen molar-refractivity contribution in [3.63, 3.8) is 0 Å². The highest BCUT2D eigenvalue weighted by atomic mass is 16.2. The molecule has 0 aliphatic rings. The summed E-state index contributed by atoms with van der Waals surface area (Å²) in [5, 5.41) is 12.5. The zero-order valence-corrected chi connectivity index (χ0v) is 21.7. The second-order valence-corrected chi connectivity index (χ2v) is 9.25. The maximum Gasteiger partial charge on any atom is 0.264 e. The number of benzene rings is 2. The predicted octanol–water partition coefficient (Wildman–Crippen LogP) is 3.24. The first-order chi connectivity index (χ1) is 19.4. The predicted molar refractivity (Wildman–Crippen MR) is 152 cm³/mol. The highest BCUT2D eigenvalue weighted by Gasteiger charge is 2.24.